The summed E-state index contributed by atoms with van der Waals surface area (Å²) in [5.74, 6) is 0. The molecule has 0 aliphatic heterocycles. The smallest absolute Gasteiger partial charge is 0.153 e. The topological polar surface area (TPSA) is 64.0 Å². The van der Waals surface area contributed by atoms with Crippen molar-refractivity contribution in [1.82, 2.24) is 15.1 Å². The summed E-state index contributed by atoms with van der Waals surface area (Å²) in [6, 6.07) is 2.35. The average molecular weight is 287 g/mol. The third-order valence-electron chi connectivity index (χ3n) is 3.57. The van der Waals surface area contributed by atoms with Gasteiger partial charge in [0.2, 0.25) is 0 Å². The Morgan fingerprint density at radius 1 is 1.47 bits per heavy atom. The maximum absolute atomic E-state index is 11.6. The lowest BCUT2D eigenvalue weighted by molar-refractivity contribution is 0.468. The third-order valence-corrected chi connectivity index (χ3v) is 5.72. The van der Waals surface area contributed by atoms with Gasteiger partial charge in [-0.05, 0) is 33.3 Å². The second-order valence-electron chi connectivity index (χ2n) is 5.68. The first-order valence-corrected chi connectivity index (χ1v) is 8.51. The van der Waals surface area contributed by atoms with E-state index in [2.05, 4.69) is 24.3 Å². The van der Waals surface area contributed by atoms with Gasteiger partial charge in [0.05, 0.1) is 10.4 Å². The summed E-state index contributed by atoms with van der Waals surface area (Å²) in [5, 5.41) is 7.63. The van der Waals surface area contributed by atoms with E-state index in [0.717, 1.165) is 12.1 Å². The highest BCUT2D eigenvalue weighted by Gasteiger charge is 2.29. The van der Waals surface area contributed by atoms with Gasteiger partial charge in [0.1, 0.15) is 0 Å². The van der Waals surface area contributed by atoms with Crippen molar-refractivity contribution in [3.63, 3.8) is 0 Å². The van der Waals surface area contributed by atoms with Crippen molar-refractivity contribution >= 4 is 9.84 Å². The van der Waals surface area contributed by atoms with Gasteiger partial charge in [0, 0.05) is 31.6 Å². The Labute approximate surface area is 116 Å². The molecule has 0 fully saturated rings. The molecule has 1 rings (SSSR count). The SMILES string of the molecule is CCC(C)n1ccc(CNCC(C)(C)S(C)(=O)=O)n1. The first-order valence-electron chi connectivity index (χ1n) is 6.61. The highest BCUT2D eigenvalue weighted by molar-refractivity contribution is 7.92. The van der Waals surface area contributed by atoms with Crippen LogP contribution in [0, 0.1) is 0 Å². The first-order chi connectivity index (χ1) is 8.67. The van der Waals surface area contributed by atoms with Gasteiger partial charge in [0.15, 0.2) is 9.84 Å². The minimum atomic E-state index is -3.06. The average Bonchev–Trinajstić information content (AvgIpc) is 2.75. The summed E-state index contributed by atoms with van der Waals surface area (Å²) < 4.78 is 24.3. The molecule has 0 aromatic carbocycles. The van der Waals surface area contributed by atoms with Crippen molar-refractivity contribution in [2.45, 2.75) is 51.4 Å². The van der Waals surface area contributed by atoms with E-state index in [1.165, 1.54) is 6.26 Å². The minimum absolute atomic E-state index is 0.390. The molecule has 110 valence electrons. The predicted molar refractivity (Wildman–Crippen MR) is 77.9 cm³/mol. The molecule has 1 unspecified atom stereocenters. The Kier molecular flexibility index (Phi) is 5.15. The molecule has 0 radical (unpaired) electrons. The third kappa shape index (κ3) is 4.31. The Morgan fingerprint density at radius 2 is 2.11 bits per heavy atom. The lowest BCUT2D eigenvalue weighted by Crippen LogP contribution is -2.41. The van der Waals surface area contributed by atoms with Crippen molar-refractivity contribution in [2.75, 3.05) is 12.8 Å². The minimum Gasteiger partial charge on any atom is -0.310 e. The number of nitrogens with zero attached hydrogens (tertiary/aromatic N) is 2. The standard InChI is InChI=1S/C13H25N3O2S/c1-6-11(2)16-8-7-12(15-16)9-14-10-13(3,4)19(5,17)18/h7-8,11,14H,6,9-10H2,1-5H3. The van der Waals surface area contributed by atoms with Gasteiger partial charge in [-0.2, -0.15) is 5.10 Å². The van der Waals surface area contributed by atoms with Crippen LogP contribution in [0.4, 0.5) is 0 Å². The second kappa shape index (κ2) is 6.05. The molecule has 1 aromatic rings. The summed E-state index contributed by atoms with van der Waals surface area (Å²) >= 11 is 0. The molecule has 1 aromatic heterocycles. The molecule has 5 nitrogen and oxygen atoms in total. The van der Waals surface area contributed by atoms with E-state index in [-0.39, 0.29) is 0 Å². The van der Waals surface area contributed by atoms with Crippen molar-refractivity contribution in [2.24, 2.45) is 0 Å². The van der Waals surface area contributed by atoms with E-state index in [1.807, 2.05) is 16.9 Å². The van der Waals surface area contributed by atoms with Crippen LogP contribution in [0.25, 0.3) is 0 Å². The van der Waals surface area contributed by atoms with Crippen LogP contribution in [0.3, 0.4) is 0 Å². The number of rotatable bonds is 7. The van der Waals surface area contributed by atoms with Crippen LogP contribution in [-0.4, -0.2) is 35.7 Å². The fraction of sp³-hybridized carbons (Fsp3) is 0.769. The quantitative estimate of drug-likeness (QED) is 0.830. The number of hydrogen-bond donors (Lipinski definition) is 1. The molecule has 1 atom stereocenters. The second-order valence-corrected chi connectivity index (χ2v) is 8.33. The number of aromatic nitrogens is 2. The highest BCUT2D eigenvalue weighted by Crippen LogP contribution is 2.14. The van der Waals surface area contributed by atoms with Gasteiger partial charge in [-0.1, -0.05) is 6.92 Å². The van der Waals surface area contributed by atoms with E-state index in [0.29, 0.717) is 19.1 Å². The van der Waals surface area contributed by atoms with Crippen LogP contribution in [0.1, 0.15) is 45.9 Å². The Morgan fingerprint density at radius 3 is 2.63 bits per heavy atom. The summed E-state index contributed by atoms with van der Waals surface area (Å²) in [6.45, 7) is 8.71. The normalized spacial score (nSPS) is 14.6. The molecule has 0 spiro atoms. The summed E-state index contributed by atoms with van der Waals surface area (Å²) in [7, 11) is -3.06. The Balaban J connectivity index is 2.52. The molecule has 0 bridgehead atoms. The van der Waals surface area contributed by atoms with Crippen molar-refractivity contribution in [3.05, 3.63) is 18.0 Å². The fourth-order valence-corrected chi connectivity index (χ4v) is 1.89. The van der Waals surface area contributed by atoms with Crippen LogP contribution in [0.15, 0.2) is 12.3 Å². The zero-order valence-corrected chi connectivity index (χ0v) is 13.3. The van der Waals surface area contributed by atoms with E-state index in [1.54, 1.807) is 13.8 Å². The summed E-state index contributed by atoms with van der Waals surface area (Å²) in [5.41, 5.74) is 0.935. The molecule has 1 N–H and O–H groups in total. The summed E-state index contributed by atoms with van der Waals surface area (Å²) in [4.78, 5) is 0. The Hall–Kier alpha value is -0.880. The van der Waals surface area contributed by atoms with Gasteiger partial charge in [-0.15, -0.1) is 0 Å². The Bertz CT molecular complexity index is 506. The lowest BCUT2D eigenvalue weighted by atomic mass is 10.2. The molecule has 19 heavy (non-hydrogen) atoms. The molecule has 0 amide bonds. The first kappa shape index (κ1) is 16.2. The van der Waals surface area contributed by atoms with E-state index in [9.17, 15) is 8.42 Å². The largest absolute Gasteiger partial charge is 0.310 e. The van der Waals surface area contributed by atoms with Crippen LogP contribution < -0.4 is 5.32 Å². The van der Waals surface area contributed by atoms with Crippen LogP contribution >= 0.6 is 0 Å². The van der Waals surface area contributed by atoms with Gasteiger partial charge in [-0.3, -0.25) is 4.68 Å². The summed E-state index contributed by atoms with van der Waals surface area (Å²) in [6.07, 6.45) is 4.27. The number of nitrogens with one attached hydrogen (secondary N) is 1. The van der Waals surface area contributed by atoms with Crippen LogP contribution in [-0.2, 0) is 16.4 Å². The van der Waals surface area contributed by atoms with E-state index in [4.69, 9.17) is 0 Å². The highest BCUT2D eigenvalue weighted by atomic mass is 32.2. The van der Waals surface area contributed by atoms with Crippen LogP contribution in [0.5, 0.6) is 0 Å². The van der Waals surface area contributed by atoms with Crippen molar-refractivity contribution < 1.29 is 8.42 Å². The van der Waals surface area contributed by atoms with E-state index < -0.39 is 14.6 Å². The zero-order valence-electron chi connectivity index (χ0n) is 12.5. The molecule has 0 aliphatic rings. The molecular formula is C13H25N3O2S. The molecular weight excluding hydrogens is 262 g/mol. The molecule has 0 saturated heterocycles. The lowest BCUT2D eigenvalue weighted by Gasteiger charge is -2.22. The molecule has 0 saturated carbocycles. The maximum atomic E-state index is 11.6. The van der Waals surface area contributed by atoms with Crippen LogP contribution in [0.2, 0.25) is 0 Å². The maximum Gasteiger partial charge on any atom is 0.153 e. The van der Waals surface area contributed by atoms with Gasteiger partial charge < -0.3 is 5.32 Å². The molecule has 0 aliphatic carbocycles. The van der Waals surface area contributed by atoms with Crippen molar-refractivity contribution in [3.8, 4) is 0 Å². The fourth-order valence-electron chi connectivity index (χ4n) is 1.53. The van der Waals surface area contributed by atoms with Gasteiger partial charge >= 0.3 is 0 Å². The van der Waals surface area contributed by atoms with Gasteiger partial charge in [0.25, 0.3) is 0 Å². The predicted octanol–water partition coefficient (Wildman–Crippen LogP) is 1.77. The number of hydrogen-bond acceptors (Lipinski definition) is 4. The van der Waals surface area contributed by atoms with E-state index >= 15 is 0 Å². The van der Waals surface area contributed by atoms with Gasteiger partial charge in [-0.25, -0.2) is 8.42 Å². The zero-order chi connectivity index (χ0) is 14.7. The molecule has 6 heteroatoms. The monoisotopic (exact) mass is 287 g/mol. The van der Waals surface area contributed by atoms with Crippen molar-refractivity contribution in [1.29, 1.82) is 0 Å². The molecule has 1 heterocycles. The number of sulfone groups is 1.